The number of hydrogen-bond acceptors (Lipinski definition) is 2. The highest BCUT2D eigenvalue weighted by Crippen LogP contribution is 2.35. The first-order valence-electron chi connectivity index (χ1n) is 6.19. The van der Waals surface area contributed by atoms with E-state index >= 15 is 0 Å². The molecule has 0 bridgehead atoms. The van der Waals surface area contributed by atoms with Gasteiger partial charge in [-0.3, -0.25) is 4.79 Å². The zero-order valence-electron chi connectivity index (χ0n) is 9.30. The van der Waals surface area contributed by atoms with Gasteiger partial charge in [-0.2, -0.15) is 0 Å². The monoisotopic (exact) mass is 211 g/mol. The zero-order chi connectivity index (χ0) is 10.7. The molecule has 0 radical (unpaired) electrons. The standard InChI is InChI=1S/C12H21NO2/c14-9-12(7-8-12)13-11(15)10-5-3-1-2-4-6-10/h10,14H,1-9H2,(H,13,15). The number of aliphatic hydroxyl groups is 1. The quantitative estimate of drug-likeness (QED) is 0.697. The Morgan fingerprint density at radius 2 is 1.80 bits per heavy atom. The molecule has 0 heterocycles. The highest BCUT2D eigenvalue weighted by Gasteiger charge is 2.44. The summed E-state index contributed by atoms with van der Waals surface area (Å²) < 4.78 is 0. The molecule has 2 fully saturated rings. The molecule has 2 aliphatic rings. The molecule has 0 unspecified atom stereocenters. The molecule has 2 aliphatic carbocycles. The number of hydrogen-bond donors (Lipinski definition) is 2. The van der Waals surface area contributed by atoms with Crippen LogP contribution in [0, 0.1) is 5.92 Å². The van der Waals surface area contributed by atoms with Crippen LogP contribution in [0.5, 0.6) is 0 Å². The van der Waals surface area contributed by atoms with Gasteiger partial charge in [0.05, 0.1) is 12.1 Å². The van der Waals surface area contributed by atoms with E-state index in [1.807, 2.05) is 0 Å². The SMILES string of the molecule is O=C(NC1(CO)CC1)C1CCCCCC1. The van der Waals surface area contributed by atoms with Crippen molar-refractivity contribution in [1.29, 1.82) is 0 Å². The lowest BCUT2D eigenvalue weighted by Crippen LogP contribution is -2.42. The van der Waals surface area contributed by atoms with Crippen molar-refractivity contribution >= 4 is 5.91 Å². The summed E-state index contributed by atoms with van der Waals surface area (Å²) in [5.74, 6) is 0.389. The van der Waals surface area contributed by atoms with Crippen LogP contribution in [0.25, 0.3) is 0 Å². The van der Waals surface area contributed by atoms with Gasteiger partial charge in [0.2, 0.25) is 5.91 Å². The summed E-state index contributed by atoms with van der Waals surface area (Å²) >= 11 is 0. The van der Waals surface area contributed by atoms with Crippen molar-refractivity contribution in [3.8, 4) is 0 Å². The largest absolute Gasteiger partial charge is 0.394 e. The molecule has 15 heavy (non-hydrogen) atoms. The Balaban J connectivity index is 1.83. The molecule has 0 aromatic carbocycles. The summed E-state index contributed by atoms with van der Waals surface area (Å²) in [5, 5.41) is 12.2. The van der Waals surface area contributed by atoms with Gasteiger partial charge in [0.25, 0.3) is 0 Å². The van der Waals surface area contributed by atoms with E-state index < -0.39 is 0 Å². The van der Waals surface area contributed by atoms with Gasteiger partial charge in [0.1, 0.15) is 0 Å². The molecule has 2 saturated carbocycles. The van der Waals surface area contributed by atoms with E-state index in [0.29, 0.717) is 0 Å². The second-order valence-electron chi connectivity index (χ2n) is 5.12. The van der Waals surface area contributed by atoms with Gasteiger partial charge < -0.3 is 10.4 Å². The number of amides is 1. The third kappa shape index (κ3) is 2.71. The second-order valence-corrected chi connectivity index (χ2v) is 5.12. The summed E-state index contributed by atoms with van der Waals surface area (Å²) in [4.78, 5) is 11.9. The van der Waals surface area contributed by atoms with Crippen LogP contribution in [0.15, 0.2) is 0 Å². The van der Waals surface area contributed by atoms with Crippen molar-refractivity contribution in [2.75, 3.05) is 6.61 Å². The first kappa shape index (κ1) is 10.9. The molecule has 2 N–H and O–H groups in total. The fraction of sp³-hybridized carbons (Fsp3) is 0.917. The Morgan fingerprint density at radius 3 is 2.27 bits per heavy atom. The molecule has 3 heteroatoms. The van der Waals surface area contributed by atoms with Crippen LogP contribution in [0.1, 0.15) is 51.4 Å². The molecule has 0 aromatic heterocycles. The van der Waals surface area contributed by atoms with Gasteiger partial charge in [-0.15, -0.1) is 0 Å². The van der Waals surface area contributed by atoms with Crippen LogP contribution in [0.2, 0.25) is 0 Å². The van der Waals surface area contributed by atoms with Crippen molar-refractivity contribution in [1.82, 2.24) is 5.32 Å². The van der Waals surface area contributed by atoms with Crippen LogP contribution < -0.4 is 5.32 Å². The lowest BCUT2D eigenvalue weighted by Gasteiger charge is -2.19. The van der Waals surface area contributed by atoms with Crippen LogP contribution >= 0.6 is 0 Å². The van der Waals surface area contributed by atoms with Gasteiger partial charge in [-0.1, -0.05) is 25.7 Å². The maximum absolute atomic E-state index is 11.9. The number of aliphatic hydroxyl groups excluding tert-OH is 1. The average molecular weight is 211 g/mol. The number of carbonyl (C=O) groups excluding carboxylic acids is 1. The Kier molecular flexibility index (Phi) is 3.29. The molecular weight excluding hydrogens is 190 g/mol. The Hall–Kier alpha value is -0.570. The van der Waals surface area contributed by atoms with Crippen LogP contribution in [-0.4, -0.2) is 23.2 Å². The van der Waals surface area contributed by atoms with E-state index in [-0.39, 0.29) is 24.0 Å². The van der Waals surface area contributed by atoms with E-state index in [9.17, 15) is 4.79 Å². The molecule has 0 aromatic rings. The predicted molar refractivity (Wildman–Crippen MR) is 58.4 cm³/mol. The summed E-state index contributed by atoms with van der Waals surface area (Å²) in [6.45, 7) is 0.103. The third-order valence-electron chi connectivity index (χ3n) is 3.77. The highest BCUT2D eigenvalue weighted by atomic mass is 16.3. The van der Waals surface area contributed by atoms with Crippen LogP contribution in [0.4, 0.5) is 0 Å². The molecule has 1 amide bonds. The first-order chi connectivity index (χ1) is 7.26. The molecular formula is C12H21NO2. The van der Waals surface area contributed by atoms with E-state index in [2.05, 4.69) is 5.32 Å². The molecule has 0 saturated heterocycles. The highest BCUT2D eigenvalue weighted by molar-refractivity contribution is 5.79. The second kappa shape index (κ2) is 4.52. The maximum Gasteiger partial charge on any atom is 0.223 e. The lowest BCUT2D eigenvalue weighted by atomic mass is 9.99. The Labute approximate surface area is 91.2 Å². The normalized spacial score (nSPS) is 25.7. The smallest absolute Gasteiger partial charge is 0.223 e. The lowest BCUT2D eigenvalue weighted by molar-refractivity contribution is -0.126. The number of rotatable bonds is 3. The van der Waals surface area contributed by atoms with Gasteiger partial charge in [-0.25, -0.2) is 0 Å². The van der Waals surface area contributed by atoms with Crippen LogP contribution in [0.3, 0.4) is 0 Å². The van der Waals surface area contributed by atoms with Crippen molar-refractivity contribution in [3.63, 3.8) is 0 Å². The van der Waals surface area contributed by atoms with Gasteiger partial charge in [-0.05, 0) is 25.7 Å². The van der Waals surface area contributed by atoms with E-state index in [1.54, 1.807) is 0 Å². The summed E-state index contributed by atoms with van der Waals surface area (Å²) in [6.07, 6.45) is 8.88. The third-order valence-corrected chi connectivity index (χ3v) is 3.77. The number of nitrogens with one attached hydrogen (secondary N) is 1. The minimum absolute atomic E-state index is 0.103. The molecule has 86 valence electrons. The van der Waals surface area contributed by atoms with Crippen molar-refractivity contribution in [2.45, 2.75) is 56.9 Å². The Morgan fingerprint density at radius 1 is 1.20 bits per heavy atom. The summed E-state index contributed by atoms with van der Waals surface area (Å²) in [5.41, 5.74) is -0.233. The first-order valence-corrected chi connectivity index (χ1v) is 6.19. The number of carbonyl (C=O) groups is 1. The van der Waals surface area contributed by atoms with Gasteiger partial charge >= 0.3 is 0 Å². The molecule has 2 rings (SSSR count). The zero-order valence-corrected chi connectivity index (χ0v) is 9.30. The minimum Gasteiger partial charge on any atom is -0.394 e. The van der Waals surface area contributed by atoms with E-state index in [4.69, 9.17) is 5.11 Å². The summed E-state index contributed by atoms with van der Waals surface area (Å²) in [6, 6.07) is 0. The summed E-state index contributed by atoms with van der Waals surface area (Å²) in [7, 11) is 0. The fourth-order valence-electron chi connectivity index (χ4n) is 2.38. The maximum atomic E-state index is 11.9. The van der Waals surface area contributed by atoms with Crippen LogP contribution in [-0.2, 0) is 4.79 Å². The van der Waals surface area contributed by atoms with Gasteiger partial charge in [0.15, 0.2) is 0 Å². The predicted octanol–water partition coefficient (Wildman–Crippen LogP) is 1.60. The molecule has 0 spiro atoms. The van der Waals surface area contributed by atoms with Gasteiger partial charge in [0, 0.05) is 5.92 Å². The average Bonchev–Trinajstić information content (AvgIpc) is 3.00. The minimum atomic E-state index is -0.233. The Bertz CT molecular complexity index is 228. The van der Waals surface area contributed by atoms with Crippen molar-refractivity contribution < 1.29 is 9.90 Å². The topological polar surface area (TPSA) is 49.3 Å². The van der Waals surface area contributed by atoms with Crippen molar-refractivity contribution in [3.05, 3.63) is 0 Å². The van der Waals surface area contributed by atoms with E-state index in [0.717, 1.165) is 25.7 Å². The molecule has 0 aliphatic heterocycles. The fourth-order valence-corrected chi connectivity index (χ4v) is 2.38. The van der Waals surface area contributed by atoms with E-state index in [1.165, 1.54) is 25.7 Å². The van der Waals surface area contributed by atoms with Crippen molar-refractivity contribution in [2.24, 2.45) is 5.92 Å². The molecule has 0 atom stereocenters. The molecule has 3 nitrogen and oxygen atoms in total.